The van der Waals surface area contributed by atoms with Crippen molar-refractivity contribution in [1.82, 2.24) is 24.5 Å². The summed E-state index contributed by atoms with van der Waals surface area (Å²) in [6.45, 7) is 2.86. The standard InChI is InChI=1S/C20H19N5O/c1-3-15(11-21-8-1)16-5-6-19-22-20(23-25(19)13-16)17-7-9-24(12-17)14-18-4-2-10-26-18/h1-6,8,10-11,13,17H,7,9,12,14H2. The average molecular weight is 345 g/mol. The first kappa shape index (κ1) is 15.3. The van der Waals surface area contributed by atoms with Crippen LogP contribution in [0, 0.1) is 0 Å². The SMILES string of the molecule is c1cncc(-c2ccc3nc(C4CCN(Cc5ccco5)C4)nn3c2)c1. The Morgan fingerprint density at radius 3 is 2.96 bits per heavy atom. The molecule has 0 radical (unpaired) electrons. The van der Waals surface area contributed by atoms with E-state index in [0.29, 0.717) is 5.92 Å². The van der Waals surface area contributed by atoms with E-state index in [1.165, 1.54) is 0 Å². The van der Waals surface area contributed by atoms with E-state index in [1.54, 1.807) is 12.5 Å². The van der Waals surface area contributed by atoms with Crippen LogP contribution in [0.4, 0.5) is 0 Å². The van der Waals surface area contributed by atoms with Gasteiger partial charge in [-0.2, -0.15) is 5.10 Å². The van der Waals surface area contributed by atoms with Crippen molar-refractivity contribution in [1.29, 1.82) is 0 Å². The Balaban J connectivity index is 1.36. The van der Waals surface area contributed by atoms with Crippen molar-refractivity contribution < 1.29 is 4.42 Å². The molecule has 0 amide bonds. The van der Waals surface area contributed by atoms with Gasteiger partial charge < -0.3 is 4.42 Å². The first-order valence-corrected chi connectivity index (χ1v) is 8.86. The van der Waals surface area contributed by atoms with Crippen LogP contribution >= 0.6 is 0 Å². The van der Waals surface area contributed by atoms with Gasteiger partial charge in [-0.25, -0.2) is 9.50 Å². The van der Waals surface area contributed by atoms with Gasteiger partial charge in [-0.1, -0.05) is 6.07 Å². The van der Waals surface area contributed by atoms with Gasteiger partial charge in [-0.15, -0.1) is 0 Å². The molecule has 0 saturated carbocycles. The lowest BCUT2D eigenvalue weighted by Gasteiger charge is -2.12. The molecule has 0 aliphatic carbocycles. The smallest absolute Gasteiger partial charge is 0.156 e. The Hall–Kier alpha value is -2.99. The van der Waals surface area contributed by atoms with E-state index < -0.39 is 0 Å². The monoisotopic (exact) mass is 345 g/mol. The molecular formula is C20H19N5O. The first-order chi connectivity index (χ1) is 12.8. The summed E-state index contributed by atoms with van der Waals surface area (Å²) in [5, 5.41) is 4.75. The highest BCUT2D eigenvalue weighted by Gasteiger charge is 2.27. The fraction of sp³-hybridized carbons (Fsp3) is 0.250. The summed E-state index contributed by atoms with van der Waals surface area (Å²) in [4.78, 5) is 11.3. The van der Waals surface area contributed by atoms with Crippen LogP contribution in [0.2, 0.25) is 0 Å². The minimum atomic E-state index is 0.367. The molecule has 1 aliphatic heterocycles. The summed E-state index contributed by atoms with van der Waals surface area (Å²) < 4.78 is 7.34. The summed E-state index contributed by atoms with van der Waals surface area (Å²) in [7, 11) is 0. The van der Waals surface area contributed by atoms with Gasteiger partial charge in [0.25, 0.3) is 0 Å². The molecule has 26 heavy (non-hydrogen) atoms. The number of rotatable bonds is 4. The van der Waals surface area contributed by atoms with Crippen LogP contribution in [0.15, 0.2) is 65.7 Å². The molecule has 0 aromatic carbocycles. The Morgan fingerprint density at radius 1 is 1.12 bits per heavy atom. The van der Waals surface area contributed by atoms with Crippen LogP contribution in [0.5, 0.6) is 0 Å². The van der Waals surface area contributed by atoms with Gasteiger partial charge >= 0.3 is 0 Å². The Morgan fingerprint density at radius 2 is 2.12 bits per heavy atom. The number of aromatic nitrogens is 4. The average Bonchev–Trinajstić information content (AvgIpc) is 3.42. The van der Waals surface area contributed by atoms with Gasteiger partial charge in [-0.05, 0) is 43.3 Å². The van der Waals surface area contributed by atoms with Gasteiger partial charge in [0.15, 0.2) is 11.5 Å². The van der Waals surface area contributed by atoms with E-state index in [0.717, 1.165) is 54.4 Å². The fourth-order valence-electron chi connectivity index (χ4n) is 3.59. The number of hydrogen-bond acceptors (Lipinski definition) is 5. The molecule has 130 valence electrons. The highest BCUT2D eigenvalue weighted by molar-refractivity contribution is 5.63. The molecule has 1 unspecified atom stereocenters. The van der Waals surface area contributed by atoms with Crippen molar-refractivity contribution in [2.75, 3.05) is 13.1 Å². The molecule has 4 aromatic heterocycles. The molecule has 0 bridgehead atoms. The minimum Gasteiger partial charge on any atom is -0.468 e. The predicted molar refractivity (Wildman–Crippen MR) is 97.6 cm³/mol. The topological polar surface area (TPSA) is 59.5 Å². The van der Waals surface area contributed by atoms with Crippen LogP contribution in [-0.2, 0) is 6.54 Å². The number of nitrogens with zero attached hydrogens (tertiary/aromatic N) is 5. The van der Waals surface area contributed by atoms with E-state index in [1.807, 2.05) is 41.2 Å². The lowest BCUT2D eigenvalue weighted by Crippen LogP contribution is -2.19. The van der Waals surface area contributed by atoms with Crippen molar-refractivity contribution in [3.8, 4) is 11.1 Å². The second-order valence-electron chi connectivity index (χ2n) is 6.73. The van der Waals surface area contributed by atoms with Crippen molar-refractivity contribution in [3.63, 3.8) is 0 Å². The number of likely N-dealkylation sites (tertiary alicyclic amines) is 1. The predicted octanol–water partition coefficient (Wildman–Crippen LogP) is 3.37. The fourth-order valence-corrected chi connectivity index (χ4v) is 3.59. The normalized spacial score (nSPS) is 17.9. The molecule has 1 aliphatic rings. The summed E-state index contributed by atoms with van der Waals surface area (Å²) in [6.07, 6.45) is 8.48. The maximum absolute atomic E-state index is 5.46. The van der Waals surface area contributed by atoms with Crippen LogP contribution in [-0.4, -0.2) is 37.6 Å². The third-order valence-corrected chi connectivity index (χ3v) is 4.94. The summed E-state index contributed by atoms with van der Waals surface area (Å²) in [5.74, 6) is 2.30. The number of furan rings is 1. The van der Waals surface area contributed by atoms with E-state index in [9.17, 15) is 0 Å². The van der Waals surface area contributed by atoms with Crippen LogP contribution in [0.3, 0.4) is 0 Å². The molecular weight excluding hydrogens is 326 g/mol. The lowest BCUT2D eigenvalue weighted by molar-refractivity contribution is 0.293. The Bertz CT molecular complexity index is 1010. The van der Waals surface area contributed by atoms with Gasteiger partial charge in [0, 0.05) is 42.2 Å². The third kappa shape index (κ3) is 2.88. The van der Waals surface area contributed by atoms with Gasteiger partial charge in [0.05, 0.1) is 12.8 Å². The van der Waals surface area contributed by atoms with Crippen LogP contribution in [0.1, 0.15) is 23.9 Å². The summed E-state index contributed by atoms with van der Waals surface area (Å²) in [6, 6.07) is 12.0. The summed E-state index contributed by atoms with van der Waals surface area (Å²) in [5.41, 5.74) is 3.06. The van der Waals surface area contributed by atoms with Crippen molar-refractivity contribution in [2.24, 2.45) is 0 Å². The Labute approximate surface area is 151 Å². The summed E-state index contributed by atoms with van der Waals surface area (Å²) >= 11 is 0. The molecule has 5 rings (SSSR count). The first-order valence-electron chi connectivity index (χ1n) is 8.86. The number of fused-ring (bicyclic) bond motifs is 1. The largest absolute Gasteiger partial charge is 0.468 e. The van der Waals surface area contributed by atoms with E-state index in [-0.39, 0.29) is 0 Å². The quantitative estimate of drug-likeness (QED) is 0.567. The third-order valence-electron chi connectivity index (χ3n) is 4.94. The van der Waals surface area contributed by atoms with E-state index in [4.69, 9.17) is 14.5 Å². The second-order valence-corrected chi connectivity index (χ2v) is 6.73. The highest BCUT2D eigenvalue weighted by atomic mass is 16.3. The maximum atomic E-state index is 5.46. The van der Waals surface area contributed by atoms with Crippen LogP contribution in [0.25, 0.3) is 16.8 Å². The van der Waals surface area contributed by atoms with Crippen molar-refractivity contribution in [2.45, 2.75) is 18.9 Å². The number of hydrogen-bond donors (Lipinski definition) is 0. The van der Waals surface area contributed by atoms with Crippen molar-refractivity contribution >= 4 is 5.65 Å². The lowest BCUT2D eigenvalue weighted by atomic mass is 10.1. The molecule has 6 heteroatoms. The molecule has 4 aromatic rings. The number of pyridine rings is 2. The zero-order valence-electron chi connectivity index (χ0n) is 14.3. The minimum absolute atomic E-state index is 0.367. The molecule has 5 heterocycles. The van der Waals surface area contributed by atoms with Crippen molar-refractivity contribution in [3.05, 3.63) is 72.8 Å². The molecule has 0 spiro atoms. The molecule has 1 fully saturated rings. The van der Waals surface area contributed by atoms with Crippen LogP contribution < -0.4 is 0 Å². The molecule has 0 N–H and O–H groups in total. The maximum Gasteiger partial charge on any atom is 0.156 e. The van der Waals surface area contributed by atoms with Gasteiger partial charge in [0.1, 0.15) is 5.76 Å². The second kappa shape index (κ2) is 6.38. The van der Waals surface area contributed by atoms with E-state index in [2.05, 4.69) is 22.0 Å². The van der Waals surface area contributed by atoms with Gasteiger partial charge in [-0.3, -0.25) is 9.88 Å². The molecule has 6 nitrogen and oxygen atoms in total. The highest BCUT2D eigenvalue weighted by Crippen LogP contribution is 2.27. The zero-order chi connectivity index (χ0) is 17.3. The zero-order valence-corrected chi connectivity index (χ0v) is 14.3. The Kier molecular flexibility index (Phi) is 3.75. The van der Waals surface area contributed by atoms with E-state index >= 15 is 0 Å². The molecule has 1 atom stereocenters. The molecule has 1 saturated heterocycles. The van der Waals surface area contributed by atoms with Gasteiger partial charge in [0.2, 0.25) is 0 Å².